The van der Waals surface area contributed by atoms with Crippen molar-refractivity contribution in [1.29, 1.82) is 0 Å². The molecule has 2 rings (SSSR count). The van der Waals surface area contributed by atoms with Crippen LogP contribution in [0.4, 0.5) is 16.0 Å². The molecule has 0 bridgehead atoms. The molecule has 1 amide bonds. The third-order valence-corrected chi connectivity index (χ3v) is 2.93. The van der Waals surface area contributed by atoms with Crippen molar-refractivity contribution < 1.29 is 9.18 Å². The summed E-state index contributed by atoms with van der Waals surface area (Å²) < 4.78 is 13.4. The van der Waals surface area contributed by atoms with Gasteiger partial charge < -0.3 is 16.0 Å². The second-order valence-electron chi connectivity index (χ2n) is 4.75. The number of nitrogens with zero attached hydrogens (tertiary/aromatic N) is 3. The lowest BCUT2D eigenvalue weighted by Gasteiger charge is -2.10. The lowest BCUT2D eigenvalue weighted by atomic mass is 10.2. The number of aryl methyl sites for hydroxylation is 1. The predicted octanol–water partition coefficient (Wildman–Crippen LogP) is 1.59. The summed E-state index contributed by atoms with van der Waals surface area (Å²) in [7, 11) is 0. The van der Waals surface area contributed by atoms with E-state index in [4.69, 9.17) is 0 Å². The largest absolute Gasteiger partial charge is 0.370 e. The summed E-state index contributed by atoms with van der Waals surface area (Å²) in [5.41, 5.74) is -0.0210. The van der Waals surface area contributed by atoms with Crippen molar-refractivity contribution in [3.05, 3.63) is 41.7 Å². The van der Waals surface area contributed by atoms with E-state index in [0.717, 1.165) is 18.6 Å². The zero-order valence-electron chi connectivity index (χ0n) is 13.1. The van der Waals surface area contributed by atoms with Gasteiger partial charge in [0.2, 0.25) is 0 Å². The van der Waals surface area contributed by atoms with Crippen molar-refractivity contribution in [3.8, 4) is 0 Å². The smallest absolute Gasteiger partial charge is 0.254 e. The van der Waals surface area contributed by atoms with Gasteiger partial charge in [-0.1, -0.05) is 0 Å². The van der Waals surface area contributed by atoms with Crippen LogP contribution in [0.3, 0.4) is 0 Å². The molecule has 0 saturated heterocycles. The van der Waals surface area contributed by atoms with Gasteiger partial charge >= 0.3 is 0 Å². The molecule has 0 unspecified atom stereocenters. The monoisotopic (exact) mass is 318 g/mol. The van der Waals surface area contributed by atoms with E-state index in [9.17, 15) is 9.18 Å². The van der Waals surface area contributed by atoms with Gasteiger partial charge in [-0.05, 0) is 19.9 Å². The van der Waals surface area contributed by atoms with Gasteiger partial charge in [0.15, 0.2) is 5.82 Å². The Kier molecular flexibility index (Phi) is 5.79. The van der Waals surface area contributed by atoms with E-state index in [1.165, 1.54) is 12.3 Å². The summed E-state index contributed by atoms with van der Waals surface area (Å²) in [4.78, 5) is 23.9. The van der Waals surface area contributed by atoms with Gasteiger partial charge in [-0.15, -0.1) is 0 Å². The van der Waals surface area contributed by atoms with Crippen LogP contribution in [-0.2, 0) is 0 Å². The zero-order valence-corrected chi connectivity index (χ0v) is 13.1. The van der Waals surface area contributed by atoms with Crippen LogP contribution in [0.1, 0.15) is 23.1 Å². The normalized spacial score (nSPS) is 10.2. The van der Waals surface area contributed by atoms with Crippen LogP contribution in [0.25, 0.3) is 0 Å². The number of pyridine rings is 1. The molecular weight excluding hydrogens is 299 g/mol. The molecule has 3 N–H and O–H groups in total. The maximum Gasteiger partial charge on any atom is 0.254 e. The third-order valence-electron chi connectivity index (χ3n) is 2.93. The Morgan fingerprint density at radius 2 is 1.96 bits per heavy atom. The SMILES string of the molecule is CCNc1cc(NCCNC(=O)c2ccncc2F)nc(C)n1. The summed E-state index contributed by atoms with van der Waals surface area (Å²) >= 11 is 0. The lowest BCUT2D eigenvalue weighted by Crippen LogP contribution is -2.29. The van der Waals surface area contributed by atoms with Crippen molar-refractivity contribution in [1.82, 2.24) is 20.3 Å². The van der Waals surface area contributed by atoms with E-state index >= 15 is 0 Å². The van der Waals surface area contributed by atoms with Crippen LogP contribution in [-0.4, -0.2) is 40.5 Å². The van der Waals surface area contributed by atoms with Crippen LogP contribution >= 0.6 is 0 Å². The first kappa shape index (κ1) is 16.6. The fourth-order valence-electron chi connectivity index (χ4n) is 1.95. The molecule has 0 aromatic carbocycles. The molecule has 0 aliphatic rings. The van der Waals surface area contributed by atoms with Gasteiger partial charge in [0.25, 0.3) is 5.91 Å². The summed E-state index contributed by atoms with van der Waals surface area (Å²) in [6, 6.07) is 3.13. The van der Waals surface area contributed by atoms with Crippen molar-refractivity contribution in [2.24, 2.45) is 0 Å². The van der Waals surface area contributed by atoms with Crippen LogP contribution in [0.5, 0.6) is 0 Å². The molecule has 0 fully saturated rings. The average Bonchev–Trinajstić information content (AvgIpc) is 2.51. The molecule has 2 heterocycles. The van der Waals surface area contributed by atoms with E-state index < -0.39 is 11.7 Å². The number of amides is 1. The highest BCUT2D eigenvalue weighted by atomic mass is 19.1. The summed E-state index contributed by atoms with van der Waals surface area (Å²) in [5.74, 6) is 0.940. The summed E-state index contributed by atoms with van der Waals surface area (Å²) in [6.45, 7) is 5.35. The van der Waals surface area contributed by atoms with Gasteiger partial charge in [-0.25, -0.2) is 14.4 Å². The summed E-state index contributed by atoms with van der Waals surface area (Å²) in [6.07, 6.45) is 2.39. The standard InChI is InChI=1S/C15H19FN6O/c1-3-18-13-8-14(22-10(2)21-13)19-6-7-20-15(23)11-4-5-17-9-12(11)16/h4-5,8-9H,3,6-7H2,1-2H3,(H,20,23)(H2,18,19,21,22). The second kappa shape index (κ2) is 8.02. The molecule has 8 heteroatoms. The highest BCUT2D eigenvalue weighted by molar-refractivity contribution is 5.94. The Morgan fingerprint density at radius 1 is 1.22 bits per heavy atom. The molecule has 23 heavy (non-hydrogen) atoms. The average molecular weight is 318 g/mol. The van der Waals surface area contributed by atoms with Crippen LogP contribution in [0, 0.1) is 12.7 Å². The molecule has 0 aliphatic heterocycles. The van der Waals surface area contributed by atoms with E-state index in [1.54, 1.807) is 13.0 Å². The Bertz CT molecular complexity index is 679. The fraction of sp³-hybridized carbons (Fsp3) is 0.333. The minimum absolute atomic E-state index is 0.0210. The van der Waals surface area contributed by atoms with Crippen molar-refractivity contribution in [2.45, 2.75) is 13.8 Å². The lowest BCUT2D eigenvalue weighted by molar-refractivity contribution is 0.0951. The number of hydrogen-bond donors (Lipinski definition) is 3. The highest BCUT2D eigenvalue weighted by Gasteiger charge is 2.10. The minimum atomic E-state index is -0.639. The Labute approximate surface area is 133 Å². The molecule has 0 spiro atoms. The third kappa shape index (κ3) is 4.87. The van der Waals surface area contributed by atoms with Gasteiger partial charge in [0.1, 0.15) is 17.5 Å². The van der Waals surface area contributed by atoms with E-state index in [2.05, 4.69) is 30.9 Å². The van der Waals surface area contributed by atoms with E-state index in [0.29, 0.717) is 24.7 Å². The molecular formula is C15H19FN6O. The predicted molar refractivity (Wildman–Crippen MR) is 86.0 cm³/mol. The fourth-order valence-corrected chi connectivity index (χ4v) is 1.95. The van der Waals surface area contributed by atoms with Crippen molar-refractivity contribution >= 4 is 17.5 Å². The van der Waals surface area contributed by atoms with Gasteiger partial charge in [0, 0.05) is 31.9 Å². The number of anilines is 2. The van der Waals surface area contributed by atoms with Crippen molar-refractivity contribution in [3.63, 3.8) is 0 Å². The number of hydrogen-bond acceptors (Lipinski definition) is 6. The first-order chi connectivity index (χ1) is 11.1. The molecule has 7 nitrogen and oxygen atoms in total. The number of carbonyl (C=O) groups is 1. The molecule has 0 radical (unpaired) electrons. The molecule has 2 aromatic rings. The van der Waals surface area contributed by atoms with Gasteiger partial charge in [0.05, 0.1) is 11.8 Å². The van der Waals surface area contributed by atoms with Gasteiger partial charge in [-0.3, -0.25) is 9.78 Å². The Balaban J connectivity index is 1.84. The number of rotatable bonds is 7. The van der Waals surface area contributed by atoms with Crippen LogP contribution in [0.15, 0.2) is 24.5 Å². The van der Waals surface area contributed by atoms with Gasteiger partial charge in [-0.2, -0.15) is 0 Å². The maximum atomic E-state index is 13.4. The number of halogens is 1. The zero-order chi connectivity index (χ0) is 16.7. The number of aromatic nitrogens is 3. The highest BCUT2D eigenvalue weighted by Crippen LogP contribution is 2.10. The number of nitrogens with one attached hydrogen (secondary N) is 3. The minimum Gasteiger partial charge on any atom is -0.370 e. The molecule has 0 aliphatic carbocycles. The quantitative estimate of drug-likeness (QED) is 0.672. The van der Waals surface area contributed by atoms with Crippen molar-refractivity contribution in [2.75, 3.05) is 30.3 Å². The van der Waals surface area contributed by atoms with Crippen LogP contribution in [0.2, 0.25) is 0 Å². The first-order valence-electron chi connectivity index (χ1n) is 7.31. The Morgan fingerprint density at radius 3 is 2.65 bits per heavy atom. The molecule has 0 atom stereocenters. The van der Waals surface area contributed by atoms with E-state index in [-0.39, 0.29) is 5.56 Å². The van der Waals surface area contributed by atoms with E-state index in [1.807, 2.05) is 6.92 Å². The maximum absolute atomic E-state index is 13.4. The molecule has 122 valence electrons. The topological polar surface area (TPSA) is 91.8 Å². The summed E-state index contributed by atoms with van der Waals surface area (Å²) in [5, 5.41) is 8.85. The molecule has 0 saturated carbocycles. The van der Waals surface area contributed by atoms with Crippen LogP contribution < -0.4 is 16.0 Å². The second-order valence-corrected chi connectivity index (χ2v) is 4.75. The number of carbonyl (C=O) groups excluding carboxylic acids is 1. The first-order valence-corrected chi connectivity index (χ1v) is 7.31. The molecule has 2 aromatic heterocycles. The Hall–Kier alpha value is -2.77.